The van der Waals surface area contributed by atoms with Crippen LogP contribution in [0.15, 0.2) is 0 Å². The van der Waals surface area contributed by atoms with E-state index in [-0.39, 0.29) is 0 Å². The minimum absolute atomic E-state index is 0.355. The van der Waals surface area contributed by atoms with Crippen molar-refractivity contribution in [2.75, 3.05) is 6.61 Å². The van der Waals surface area contributed by atoms with Gasteiger partial charge in [-0.2, -0.15) is 0 Å². The highest BCUT2D eigenvalue weighted by molar-refractivity contribution is 4.50. The van der Waals surface area contributed by atoms with E-state index in [1.807, 2.05) is 0 Å². The summed E-state index contributed by atoms with van der Waals surface area (Å²) in [4.78, 5) is 0. The van der Waals surface area contributed by atoms with Crippen molar-refractivity contribution in [1.82, 2.24) is 0 Å². The molecule has 0 saturated heterocycles. The van der Waals surface area contributed by atoms with Crippen molar-refractivity contribution in [3.63, 3.8) is 0 Å². The molecule has 1 unspecified atom stereocenters. The maximum absolute atomic E-state index is 8.74. The Labute approximate surface area is 70.8 Å². The molecule has 11 heavy (non-hydrogen) atoms. The Balaban J connectivity index is 2.89. The predicted molar refractivity (Wildman–Crippen MR) is 49.6 cm³/mol. The van der Waals surface area contributed by atoms with Gasteiger partial charge >= 0.3 is 0 Å². The Hall–Kier alpha value is -0.0400. The summed E-state index contributed by atoms with van der Waals surface area (Å²) in [5.74, 6) is 0.511. The molecule has 0 rings (SSSR count). The van der Waals surface area contributed by atoms with Crippen molar-refractivity contribution >= 4 is 0 Å². The minimum atomic E-state index is 0.355. The molecule has 0 aromatic rings. The smallest absolute Gasteiger partial charge is 0.0456 e. The Kier molecular flexibility index (Phi) is 8.03. The molecule has 1 nitrogen and oxygen atoms in total. The standard InChI is InChI=1S/C10H22O/c1-3-4-5-6-7-8-10(2)9-11/h10-11H,3-9H2,1-2H3. The van der Waals surface area contributed by atoms with Crippen LogP contribution in [-0.4, -0.2) is 11.7 Å². The quantitative estimate of drug-likeness (QED) is 0.565. The molecule has 0 radical (unpaired) electrons. The zero-order valence-corrected chi connectivity index (χ0v) is 7.97. The average molecular weight is 158 g/mol. The molecular weight excluding hydrogens is 136 g/mol. The van der Waals surface area contributed by atoms with Crippen molar-refractivity contribution in [3.8, 4) is 0 Å². The zero-order chi connectivity index (χ0) is 8.53. The molecule has 0 aromatic heterocycles. The summed E-state index contributed by atoms with van der Waals surface area (Å²) >= 11 is 0. The van der Waals surface area contributed by atoms with Gasteiger partial charge in [-0.3, -0.25) is 0 Å². The van der Waals surface area contributed by atoms with Crippen LogP contribution in [0.3, 0.4) is 0 Å². The first-order chi connectivity index (χ1) is 5.31. The van der Waals surface area contributed by atoms with E-state index >= 15 is 0 Å². The van der Waals surface area contributed by atoms with Gasteiger partial charge in [0.15, 0.2) is 0 Å². The van der Waals surface area contributed by atoms with Crippen LogP contribution < -0.4 is 0 Å². The molecular formula is C10H22O. The molecule has 1 atom stereocenters. The van der Waals surface area contributed by atoms with Crippen LogP contribution in [0.4, 0.5) is 0 Å². The van der Waals surface area contributed by atoms with Crippen LogP contribution in [0.5, 0.6) is 0 Å². The third kappa shape index (κ3) is 7.86. The van der Waals surface area contributed by atoms with Crippen molar-refractivity contribution in [3.05, 3.63) is 0 Å². The Morgan fingerprint density at radius 2 is 1.73 bits per heavy atom. The summed E-state index contributed by atoms with van der Waals surface area (Å²) < 4.78 is 0. The number of unbranched alkanes of at least 4 members (excludes halogenated alkanes) is 4. The van der Waals surface area contributed by atoms with Crippen LogP contribution in [0.2, 0.25) is 0 Å². The van der Waals surface area contributed by atoms with Gasteiger partial charge in [-0.05, 0) is 12.3 Å². The molecule has 0 saturated carbocycles. The molecule has 1 N–H and O–H groups in total. The number of aliphatic hydroxyl groups excluding tert-OH is 1. The number of hydrogen-bond donors (Lipinski definition) is 1. The second-order valence-electron chi connectivity index (χ2n) is 3.49. The fourth-order valence-corrected chi connectivity index (χ4v) is 1.19. The molecule has 0 fully saturated rings. The summed E-state index contributed by atoms with van der Waals surface area (Å²) in [7, 11) is 0. The van der Waals surface area contributed by atoms with Crippen molar-refractivity contribution in [2.45, 2.75) is 52.4 Å². The van der Waals surface area contributed by atoms with E-state index < -0.39 is 0 Å². The second kappa shape index (κ2) is 8.06. The van der Waals surface area contributed by atoms with Gasteiger partial charge in [0.2, 0.25) is 0 Å². The van der Waals surface area contributed by atoms with Gasteiger partial charge in [-0.15, -0.1) is 0 Å². The van der Waals surface area contributed by atoms with E-state index in [9.17, 15) is 0 Å². The summed E-state index contributed by atoms with van der Waals surface area (Å²) in [6, 6.07) is 0. The van der Waals surface area contributed by atoms with E-state index in [2.05, 4.69) is 13.8 Å². The van der Waals surface area contributed by atoms with Gasteiger partial charge in [0.1, 0.15) is 0 Å². The molecule has 0 amide bonds. The Bertz CT molecular complexity index is 71.3. The lowest BCUT2D eigenvalue weighted by Gasteiger charge is -2.05. The SMILES string of the molecule is CCCCCCCC(C)CO. The lowest BCUT2D eigenvalue weighted by Crippen LogP contribution is -1.99. The lowest BCUT2D eigenvalue weighted by atomic mass is 10.0. The van der Waals surface area contributed by atoms with Crippen molar-refractivity contribution in [1.29, 1.82) is 0 Å². The molecule has 68 valence electrons. The van der Waals surface area contributed by atoms with Crippen LogP contribution in [0.25, 0.3) is 0 Å². The van der Waals surface area contributed by atoms with E-state index in [0.717, 1.165) is 0 Å². The molecule has 0 aliphatic heterocycles. The average Bonchev–Trinajstić information content (AvgIpc) is 2.04. The van der Waals surface area contributed by atoms with E-state index in [1.165, 1.54) is 38.5 Å². The first-order valence-corrected chi connectivity index (χ1v) is 4.92. The fraction of sp³-hybridized carbons (Fsp3) is 1.00. The lowest BCUT2D eigenvalue weighted by molar-refractivity contribution is 0.227. The van der Waals surface area contributed by atoms with Crippen molar-refractivity contribution < 1.29 is 5.11 Å². The summed E-state index contributed by atoms with van der Waals surface area (Å²) in [6.45, 7) is 4.70. The third-order valence-electron chi connectivity index (χ3n) is 2.11. The second-order valence-corrected chi connectivity index (χ2v) is 3.49. The maximum Gasteiger partial charge on any atom is 0.0456 e. The normalized spacial score (nSPS) is 13.4. The fourth-order valence-electron chi connectivity index (χ4n) is 1.19. The third-order valence-corrected chi connectivity index (χ3v) is 2.11. The molecule has 0 aromatic carbocycles. The van der Waals surface area contributed by atoms with Crippen LogP contribution >= 0.6 is 0 Å². The van der Waals surface area contributed by atoms with Gasteiger partial charge in [-0.25, -0.2) is 0 Å². The Morgan fingerprint density at radius 1 is 1.09 bits per heavy atom. The first-order valence-electron chi connectivity index (χ1n) is 4.92. The highest BCUT2D eigenvalue weighted by Crippen LogP contribution is 2.10. The molecule has 1 heteroatoms. The maximum atomic E-state index is 8.74. The van der Waals surface area contributed by atoms with E-state index in [0.29, 0.717) is 12.5 Å². The highest BCUT2D eigenvalue weighted by atomic mass is 16.3. The van der Waals surface area contributed by atoms with Gasteiger partial charge in [0, 0.05) is 6.61 Å². The highest BCUT2D eigenvalue weighted by Gasteiger charge is 1.98. The predicted octanol–water partition coefficient (Wildman–Crippen LogP) is 2.98. The van der Waals surface area contributed by atoms with E-state index in [4.69, 9.17) is 5.11 Å². The van der Waals surface area contributed by atoms with Crippen molar-refractivity contribution in [2.24, 2.45) is 5.92 Å². The molecule has 0 heterocycles. The largest absolute Gasteiger partial charge is 0.396 e. The Morgan fingerprint density at radius 3 is 2.27 bits per heavy atom. The zero-order valence-electron chi connectivity index (χ0n) is 7.97. The molecule has 0 bridgehead atoms. The monoisotopic (exact) mass is 158 g/mol. The van der Waals surface area contributed by atoms with Gasteiger partial charge in [-0.1, -0.05) is 46.0 Å². The number of aliphatic hydroxyl groups is 1. The molecule has 0 aliphatic rings. The van der Waals surface area contributed by atoms with Crippen LogP contribution in [0.1, 0.15) is 52.4 Å². The summed E-state index contributed by atoms with van der Waals surface area (Å²) in [5.41, 5.74) is 0. The van der Waals surface area contributed by atoms with Crippen LogP contribution in [0, 0.1) is 5.92 Å². The first kappa shape index (κ1) is 11.0. The topological polar surface area (TPSA) is 20.2 Å². The van der Waals surface area contributed by atoms with Gasteiger partial charge in [0.05, 0.1) is 0 Å². The molecule has 0 aliphatic carbocycles. The number of rotatable bonds is 7. The summed E-state index contributed by atoms with van der Waals surface area (Å²) in [6.07, 6.45) is 7.89. The molecule has 0 spiro atoms. The van der Waals surface area contributed by atoms with Crippen LogP contribution in [-0.2, 0) is 0 Å². The minimum Gasteiger partial charge on any atom is -0.396 e. The van der Waals surface area contributed by atoms with E-state index in [1.54, 1.807) is 0 Å². The summed E-state index contributed by atoms with van der Waals surface area (Å²) in [5, 5.41) is 8.74. The van der Waals surface area contributed by atoms with Gasteiger partial charge < -0.3 is 5.11 Å². The van der Waals surface area contributed by atoms with Gasteiger partial charge in [0.25, 0.3) is 0 Å². The number of hydrogen-bond acceptors (Lipinski definition) is 1.